The zero-order valence-corrected chi connectivity index (χ0v) is 22.4. The Kier molecular flexibility index (Phi) is 6.44. The van der Waals surface area contributed by atoms with Crippen molar-refractivity contribution in [1.82, 2.24) is 24.9 Å². The molecule has 0 atom stereocenters. The van der Waals surface area contributed by atoms with Crippen LogP contribution in [-0.2, 0) is 0 Å². The van der Waals surface area contributed by atoms with Gasteiger partial charge in [-0.15, -0.1) is 0 Å². The van der Waals surface area contributed by atoms with Crippen molar-refractivity contribution in [2.75, 3.05) is 0 Å². The van der Waals surface area contributed by atoms with Crippen LogP contribution in [0.2, 0.25) is 0 Å². The molecule has 0 saturated heterocycles. The molecular weight excluding hydrogens is 516 g/mol. The van der Waals surface area contributed by atoms with Gasteiger partial charge in [0, 0.05) is 28.5 Å². The fourth-order valence-corrected chi connectivity index (χ4v) is 4.86. The monoisotopic (exact) mass is 538 g/mol. The van der Waals surface area contributed by atoms with Gasteiger partial charge in [0.1, 0.15) is 5.69 Å². The van der Waals surface area contributed by atoms with Gasteiger partial charge in [-0.05, 0) is 42.5 Å². The minimum Gasteiger partial charge on any atom is -0.256 e. The minimum absolute atomic E-state index is 0.582. The van der Waals surface area contributed by atoms with Crippen LogP contribution in [0.3, 0.4) is 0 Å². The number of aromatic nitrogens is 5. The van der Waals surface area contributed by atoms with E-state index in [1.807, 2.05) is 115 Å². The maximum Gasteiger partial charge on any atom is 0.160 e. The lowest BCUT2D eigenvalue weighted by molar-refractivity contribution is 1.16. The first-order chi connectivity index (χ1) is 20.7. The van der Waals surface area contributed by atoms with Crippen molar-refractivity contribution in [2.24, 2.45) is 0 Å². The Morgan fingerprint density at radius 2 is 1.05 bits per heavy atom. The van der Waals surface area contributed by atoms with Crippen LogP contribution in [-0.4, -0.2) is 24.9 Å². The van der Waals surface area contributed by atoms with Gasteiger partial charge < -0.3 is 0 Å². The van der Waals surface area contributed by atoms with Gasteiger partial charge in [0.25, 0.3) is 0 Å². The van der Waals surface area contributed by atoms with Crippen molar-refractivity contribution in [1.29, 1.82) is 5.26 Å². The van der Waals surface area contributed by atoms with Crippen LogP contribution >= 0.6 is 0 Å². The molecule has 3 heterocycles. The summed E-state index contributed by atoms with van der Waals surface area (Å²) < 4.78 is 0. The second kappa shape index (κ2) is 10.8. The van der Waals surface area contributed by atoms with E-state index in [1.54, 1.807) is 18.3 Å². The van der Waals surface area contributed by atoms with Gasteiger partial charge >= 0.3 is 0 Å². The zero-order chi connectivity index (χ0) is 28.3. The van der Waals surface area contributed by atoms with Crippen LogP contribution < -0.4 is 0 Å². The highest BCUT2D eigenvalue weighted by Gasteiger charge is 2.18. The molecule has 6 heteroatoms. The molecule has 0 amide bonds. The molecule has 0 aliphatic heterocycles. The van der Waals surface area contributed by atoms with Crippen molar-refractivity contribution >= 4 is 11.0 Å². The van der Waals surface area contributed by atoms with Gasteiger partial charge in [-0.1, -0.05) is 84.9 Å². The molecule has 0 aliphatic carbocycles. The molecule has 0 saturated carbocycles. The highest BCUT2D eigenvalue weighted by molar-refractivity contribution is 5.86. The fraction of sp³-hybridized carbons (Fsp3) is 0. The third-order valence-corrected chi connectivity index (χ3v) is 7.00. The lowest BCUT2D eigenvalue weighted by Gasteiger charge is -2.13. The van der Waals surface area contributed by atoms with E-state index in [0.717, 1.165) is 44.7 Å². The number of pyridine rings is 1. The van der Waals surface area contributed by atoms with Crippen LogP contribution in [0.4, 0.5) is 0 Å². The number of hydrogen-bond acceptors (Lipinski definition) is 6. The fourth-order valence-electron chi connectivity index (χ4n) is 4.86. The molecule has 0 aliphatic rings. The molecule has 0 radical (unpaired) electrons. The maximum atomic E-state index is 9.33. The molecule has 0 unspecified atom stereocenters. The van der Waals surface area contributed by atoms with E-state index in [1.165, 1.54) is 0 Å². The number of nitriles is 1. The van der Waals surface area contributed by atoms with E-state index in [9.17, 15) is 5.26 Å². The van der Waals surface area contributed by atoms with Gasteiger partial charge in [0.15, 0.2) is 5.82 Å². The van der Waals surface area contributed by atoms with Crippen LogP contribution in [0.1, 0.15) is 5.56 Å². The molecule has 3 aromatic heterocycles. The summed E-state index contributed by atoms with van der Waals surface area (Å²) in [7, 11) is 0. The average Bonchev–Trinajstić information content (AvgIpc) is 3.08. The predicted octanol–water partition coefficient (Wildman–Crippen LogP) is 8.02. The van der Waals surface area contributed by atoms with Crippen molar-refractivity contribution in [2.45, 2.75) is 0 Å². The van der Waals surface area contributed by atoms with Gasteiger partial charge in [-0.3, -0.25) is 4.98 Å². The van der Waals surface area contributed by atoms with E-state index in [2.05, 4.69) is 11.1 Å². The first kappa shape index (κ1) is 24.9. The van der Waals surface area contributed by atoms with Crippen LogP contribution in [0, 0.1) is 11.3 Å². The Hall–Kier alpha value is -6.06. The third-order valence-electron chi connectivity index (χ3n) is 7.00. The van der Waals surface area contributed by atoms with Gasteiger partial charge in [0.2, 0.25) is 0 Å². The van der Waals surface area contributed by atoms with Crippen molar-refractivity contribution in [3.63, 3.8) is 0 Å². The summed E-state index contributed by atoms with van der Waals surface area (Å²) in [4.78, 5) is 24.6. The number of nitrogens with zero attached hydrogens (tertiary/aromatic N) is 6. The smallest absolute Gasteiger partial charge is 0.160 e. The van der Waals surface area contributed by atoms with E-state index in [-0.39, 0.29) is 0 Å². The first-order valence-electron chi connectivity index (χ1n) is 13.5. The normalized spacial score (nSPS) is 10.8. The Labute approximate surface area is 242 Å². The number of para-hydroxylation sites is 2. The molecule has 7 aromatic rings. The lowest BCUT2D eigenvalue weighted by atomic mass is 10.0. The molecule has 7 rings (SSSR count). The molecule has 0 spiro atoms. The standard InChI is InChI=1S/C36H22N6/c37-23-24-13-15-27(16-14-24)34-35(40-31-12-5-4-11-30(31)39-34)33-22-32(25-8-2-1-3-9-25)41-36(42-33)28-19-17-26(18-20-28)29-10-6-7-21-38-29/h1-22H. The SMILES string of the molecule is N#Cc1ccc(-c2nc3ccccc3nc2-c2cc(-c3ccccc3)nc(-c3ccc(-c4ccccn4)cc3)n2)cc1. The summed E-state index contributed by atoms with van der Waals surface area (Å²) in [6.45, 7) is 0. The van der Waals surface area contributed by atoms with E-state index >= 15 is 0 Å². The highest BCUT2D eigenvalue weighted by Crippen LogP contribution is 2.34. The summed E-state index contributed by atoms with van der Waals surface area (Å²) in [5, 5.41) is 9.33. The number of rotatable bonds is 5. The Morgan fingerprint density at radius 1 is 0.452 bits per heavy atom. The van der Waals surface area contributed by atoms with Crippen LogP contribution in [0.5, 0.6) is 0 Å². The van der Waals surface area contributed by atoms with E-state index in [0.29, 0.717) is 28.5 Å². The van der Waals surface area contributed by atoms with Gasteiger partial charge in [-0.2, -0.15) is 5.26 Å². The van der Waals surface area contributed by atoms with Crippen molar-refractivity contribution in [3.05, 3.63) is 139 Å². The van der Waals surface area contributed by atoms with Gasteiger partial charge in [0.05, 0.1) is 45.4 Å². The third kappa shape index (κ3) is 4.87. The number of fused-ring (bicyclic) bond motifs is 1. The molecule has 6 nitrogen and oxygen atoms in total. The zero-order valence-electron chi connectivity index (χ0n) is 22.4. The largest absolute Gasteiger partial charge is 0.256 e. The molecule has 0 fully saturated rings. The second-order valence-electron chi connectivity index (χ2n) is 9.72. The van der Waals surface area contributed by atoms with Crippen LogP contribution in [0.15, 0.2) is 134 Å². The summed E-state index contributed by atoms with van der Waals surface area (Å²) >= 11 is 0. The molecule has 0 bridgehead atoms. The van der Waals surface area contributed by atoms with Crippen molar-refractivity contribution in [3.8, 4) is 62.6 Å². The van der Waals surface area contributed by atoms with E-state index < -0.39 is 0 Å². The minimum atomic E-state index is 0.582. The molecular formula is C36H22N6. The number of benzene rings is 4. The topological polar surface area (TPSA) is 88.2 Å². The predicted molar refractivity (Wildman–Crippen MR) is 165 cm³/mol. The maximum absolute atomic E-state index is 9.33. The summed E-state index contributed by atoms with van der Waals surface area (Å²) in [6.07, 6.45) is 1.79. The Balaban J connectivity index is 1.43. The lowest BCUT2D eigenvalue weighted by Crippen LogP contribution is -2.01. The quantitative estimate of drug-likeness (QED) is 0.220. The summed E-state index contributed by atoms with van der Waals surface area (Å²) in [6, 6.07) is 43.4. The molecule has 42 heavy (non-hydrogen) atoms. The summed E-state index contributed by atoms with van der Waals surface area (Å²) in [5.41, 5.74) is 9.52. The Morgan fingerprint density at radius 3 is 1.74 bits per heavy atom. The second-order valence-corrected chi connectivity index (χ2v) is 9.72. The van der Waals surface area contributed by atoms with Crippen molar-refractivity contribution < 1.29 is 0 Å². The molecule has 196 valence electrons. The molecule has 4 aromatic carbocycles. The average molecular weight is 539 g/mol. The first-order valence-corrected chi connectivity index (χ1v) is 13.5. The number of hydrogen-bond donors (Lipinski definition) is 0. The Bertz CT molecular complexity index is 2070. The van der Waals surface area contributed by atoms with Crippen LogP contribution in [0.25, 0.3) is 67.6 Å². The van der Waals surface area contributed by atoms with Gasteiger partial charge in [-0.25, -0.2) is 19.9 Å². The molecule has 0 N–H and O–H groups in total. The van der Waals surface area contributed by atoms with E-state index in [4.69, 9.17) is 19.9 Å². The summed E-state index contributed by atoms with van der Waals surface area (Å²) in [5.74, 6) is 0.583. The highest BCUT2D eigenvalue weighted by atomic mass is 14.9.